The number of nitrogens with zero attached hydrogens (tertiary/aromatic N) is 1. The zero-order chi connectivity index (χ0) is 39.7. The van der Waals surface area contributed by atoms with Gasteiger partial charge in [0, 0.05) is 18.8 Å². The van der Waals surface area contributed by atoms with Crippen molar-refractivity contribution in [3.63, 3.8) is 0 Å². The highest BCUT2D eigenvalue weighted by atomic mass is 16.6. The molecule has 2 aliphatic heterocycles. The number of amides is 4. The molecule has 12 heteroatoms. The number of carbonyl (C=O) groups is 5. The van der Waals surface area contributed by atoms with Gasteiger partial charge >= 0.3 is 0 Å². The van der Waals surface area contributed by atoms with Gasteiger partial charge in [0.05, 0.1) is 39.0 Å². The second-order valence-electron chi connectivity index (χ2n) is 16.1. The monoisotopic (exact) mass is 770 g/mol. The standard InChI is InChI=1S/C36H47N5O6.C4H10.C3H6O.4H2/c42-21-18-37-32(44)29(14-12-27-8-3-1-4-9-27)39-34(46)36(25-35(26-36)16-7-17-35)40-33(45)30(15-13-28-10-5-2-6-11-28)38-31(43)24-41-19-22-47-23-20-41;1-4(2)3;1-3-2-4-3;;;;/h1-6,8-11,21,29-30H,7,12-20,22-26H2,(H,37,44)(H,38,43)(H,39,46)(H,40,45);4H,1-3H3;3H,2H2,1H3;4*1H/t29-,30-;;3-;;;;/m0.1..../s1. The number of aldehydes is 1. The summed E-state index contributed by atoms with van der Waals surface area (Å²) in [7, 11) is 0. The zero-order valence-electron chi connectivity index (χ0n) is 33.3. The Kier molecular flexibility index (Phi) is 17.3. The zero-order valence-corrected chi connectivity index (χ0v) is 33.3. The first-order valence-corrected chi connectivity index (χ1v) is 20.1. The third-order valence-corrected chi connectivity index (χ3v) is 10.3. The molecule has 2 saturated heterocycles. The van der Waals surface area contributed by atoms with Crippen molar-refractivity contribution in [2.24, 2.45) is 11.3 Å². The predicted molar refractivity (Wildman–Crippen MR) is 220 cm³/mol. The van der Waals surface area contributed by atoms with Crippen LogP contribution in [0.4, 0.5) is 0 Å². The first kappa shape index (κ1) is 43.6. The van der Waals surface area contributed by atoms with E-state index in [0.29, 0.717) is 77.2 Å². The number of nitrogens with one attached hydrogen (secondary N) is 4. The number of aryl methyl sites for hydroxylation is 2. The maximum atomic E-state index is 14.1. The van der Waals surface area contributed by atoms with Gasteiger partial charge in [-0.2, -0.15) is 0 Å². The Labute approximate surface area is 333 Å². The van der Waals surface area contributed by atoms with E-state index in [1.165, 1.54) is 0 Å². The smallest absolute Gasteiger partial charge is 0.246 e. The molecule has 4 amide bonds. The number of epoxide rings is 1. The molecule has 0 aromatic heterocycles. The molecule has 4 aliphatic rings. The number of benzene rings is 2. The van der Waals surface area contributed by atoms with Crippen LogP contribution in [0.15, 0.2) is 60.7 Å². The largest absolute Gasteiger partial charge is 0.379 e. The Morgan fingerprint density at radius 2 is 1.36 bits per heavy atom. The number of carbonyl (C=O) groups excluding carboxylic acids is 5. The fourth-order valence-electron chi connectivity index (χ4n) is 7.20. The molecule has 3 atom stereocenters. The van der Waals surface area contributed by atoms with Gasteiger partial charge in [0.2, 0.25) is 23.6 Å². The van der Waals surface area contributed by atoms with Crippen molar-refractivity contribution in [1.29, 1.82) is 0 Å². The summed E-state index contributed by atoms with van der Waals surface area (Å²) in [6, 6.07) is 17.7. The van der Waals surface area contributed by atoms with Crippen LogP contribution in [0.25, 0.3) is 0 Å². The second kappa shape index (κ2) is 21.8. The van der Waals surface area contributed by atoms with E-state index in [9.17, 15) is 24.0 Å². The lowest BCUT2D eigenvalue weighted by molar-refractivity contribution is -0.153. The molecule has 1 spiro atoms. The highest BCUT2D eigenvalue weighted by Crippen LogP contribution is 2.60. The van der Waals surface area contributed by atoms with E-state index in [1.54, 1.807) is 0 Å². The van der Waals surface area contributed by atoms with Gasteiger partial charge in [0.1, 0.15) is 23.9 Å². The molecule has 2 heterocycles. The Morgan fingerprint density at radius 3 is 1.82 bits per heavy atom. The Morgan fingerprint density at radius 1 is 0.855 bits per heavy atom. The molecule has 12 nitrogen and oxygen atoms in total. The molecule has 2 saturated carbocycles. The molecule has 310 valence electrons. The van der Waals surface area contributed by atoms with E-state index in [2.05, 4.69) is 49.0 Å². The Hall–Kier alpha value is -4.13. The Bertz CT molecular complexity index is 1520. The minimum atomic E-state index is -1.20. The van der Waals surface area contributed by atoms with Crippen molar-refractivity contribution in [1.82, 2.24) is 26.2 Å². The SMILES string of the molecule is CC(C)C.C[C@@H]1CO1.O=CCNC(=O)[C@H](CCc1ccccc1)NC(=O)C1(NC(=O)[C@H](CCc2ccccc2)NC(=O)CN2CCOCC2)CC2(CCC2)C1.[HH].[HH].[HH].[HH]. The highest BCUT2D eigenvalue weighted by molar-refractivity contribution is 5.98. The maximum absolute atomic E-state index is 14.1. The molecule has 4 fully saturated rings. The lowest BCUT2D eigenvalue weighted by atomic mass is 9.48. The van der Waals surface area contributed by atoms with Crippen LogP contribution in [0, 0.1) is 11.3 Å². The van der Waals surface area contributed by atoms with Crippen LogP contribution in [0.1, 0.15) is 89.5 Å². The first-order valence-electron chi connectivity index (χ1n) is 20.1. The molecular formula is C43H71N5O7. The number of hydrogen-bond donors (Lipinski definition) is 4. The van der Waals surface area contributed by atoms with Gasteiger partial charge in [-0.3, -0.25) is 24.1 Å². The van der Waals surface area contributed by atoms with Crippen LogP contribution in [0.5, 0.6) is 0 Å². The van der Waals surface area contributed by atoms with Gasteiger partial charge in [0.15, 0.2) is 0 Å². The third kappa shape index (κ3) is 14.8. The number of morpholine rings is 1. The molecule has 2 aliphatic carbocycles. The normalized spacial score (nSPS) is 20.0. The summed E-state index contributed by atoms with van der Waals surface area (Å²) in [5.41, 5.74) is 0.861. The van der Waals surface area contributed by atoms with Crippen molar-refractivity contribution >= 4 is 29.9 Å². The minimum Gasteiger partial charge on any atom is -0.379 e. The molecule has 0 bridgehead atoms. The van der Waals surface area contributed by atoms with Crippen molar-refractivity contribution in [3.05, 3.63) is 71.8 Å². The molecule has 6 rings (SSSR count). The summed E-state index contributed by atoms with van der Waals surface area (Å²) < 4.78 is 10.1. The van der Waals surface area contributed by atoms with Crippen LogP contribution in [-0.2, 0) is 46.3 Å². The van der Waals surface area contributed by atoms with Gasteiger partial charge in [-0.05, 0) is 80.8 Å². The Balaban J connectivity index is 0.00000254. The average Bonchev–Trinajstić information content (AvgIpc) is 3.94. The molecule has 2 aromatic rings. The average molecular weight is 770 g/mol. The van der Waals surface area contributed by atoms with E-state index in [1.807, 2.05) is 65.6 Å². The molecule has 2 aromatic carbocycles. The predicted octanol–water partition coefficient (Wildman–Crippen LogP) is 4.74. The fraction of sp³-hybridized carbons (Fsp3) is 0.605. The van der Waals surface area contributed by atoms with Crippen LogP contribution < -0.4 is 21.3 Å². The number of rotatable bonds is 16. The number of ether oxygens (including phenoxy) is 2. The topological polar surface area (TPSA) is 158 Å². The summed E-state index contributed by atoms with van der Waals surface area (Å²) in [6.07, 6.45) is 7.00. The first-order chi connectivity index (χ1) is 26.4. The summed E-state index contributed by atoms with van der Waals surface area (Å²) in [5.74, 6) is -0.692. The fourth-order valence-corrected chi connectivity index (χ4v) is 7.20. The van der Waals surface area contributed by atoms with Crippen LogP contribution in [-0.4, -0.2) is 105 Å². The van der Waals surface area contributed by atoms with Gasteiger partial charge in [-0.15, -0.1) is 0 Å². The van der Waals surface area contributed by atoms with Crippen LogP contribution in [0.2, 0.25) is 0 Å². The third-order valence-electron chi connectivity index (χ3n) is 10.3. The summed E-state index contributed by atoms with van der Waals surface area (Å²) in [4.78, 5) is 67.4. The van der Waals surface area contributed by atoms with Crippen molar-refractivity contribution in [3.8, 4) is 0 Å². The quantitative estimate of drug-likeness (QED) is 0.141. The van der Waals surface area contributed by atoms with E-state index in [0.717, 1.165) is 42.9 Å². The van der Waals surface area contributed by atoms with Crippen molar-refractivity contribution < 1.29 is 39.2 Å². The van der Waals surface area contributed by atoms with Crippen LogP contribution >= 0.6 is 0 Å². The van der Waals surface area contributed by atoms with Crippen LogP contribution in [0.3, 0.4) is 0 Å². The lowest BCUT2D eigenvalue weighted by Gasteiger charge is -2.60. The highest BCUT2D eigenvalue weighted by Gasteiger charge is 2.62. The molecule has 4 N–H and O–H groups in total. The van der Waals surface area contributed by atoms with Crippen molar-refractivity contribution in [2.75, 3.05) is 46.0 Å². The van der Waals surface area contributed by atoms with E-state index >= 15 is 0 Å². The molecule has 0 radical (unpaired) electrons. The minimum absolute atomic E-state index is 0. The number of hydrogen-bond acceptors (Lipinski definition) is 8. The summed E-state index contributed by atoms with van der Waals surface area (Å²) >= 11 is 0. The molecule has 55 heavy (non-hydrogen) atoms. The van der Waals surface area contributed by atoms with E-state index in [-0.39, 0.29) is 30.1 Å². The summed E-state index contributed by atoms with van der Waals surface area (Å²) in [5, 5.41) is 11.5. The maximum Gasteiger partial charge on any atom is 0.246 e. The summed E-state index contributed by atoms with van der Waals surface area (Å²) in [6.45, 7) is 12.0. The van der Waals surface area contributed by atoms with E-state index in [4.69, 9.17) is 9.47 Å². The van der Waals surface area contributed by atoms with Crippen molar-refractivity contribution in [2.45, 2.75) is 109 Å². The second-order valence-corrected chi connectivity index (χ2v) is 16.1. The van der Waals surface area contributed by atoms with Gasteiger partial charge in [-0.1, -0.05) is 87.9 Å². The van der Waals surface area contributed by atoms with Gasteiger partial charge in [-0.25, -0.2) is 0 Å². The molecule has 0 unspecified atom stereocenters. The van der Waals surface area contributed by atoms with E-state index < -0.39 is 35.3 Å². The van der Waals surface area contributed by atoms with Gasteiger partial charge < -0.3 is 35.5 Å². The molecular weight excluding hydrogens is 699 g/mol. The lowest BCUT2D eigenvalue weighted by Crippen LogP contribution is -2.73. The van der Waals surface area contributed by atoms with Gasteiger partial charge in [0.25, 0.3) is 0 Å².